The van der Waals surface area contributed by atoms with Gasteiger partial charge in [-0.2, -0.15) is 0 Å². The van der Waals surface area contributed by atoms with Crippen molar-refractivity contribution >= 4 is 17.7 Å². The van der Waals surface area contributed by atoms with Crippen LogP contribution in [0.1, 0.15) is 17.2 Å². The molecule has 7 nitrogen and oxygen atoms in total. The number of nitrogens with one attached hydrogen (secondary N) is 2. The van der Waals surface area contributed by atoms with Gasteiger partial charge in [-0.3, -0.25) is 0 Å². The van der Waals surface area contributed by atoms with E-state index in [0.717, 1.165) is 0 Å². The number of hydrogen-bond acceptors (Lipinski definition) is 5. The van der Waals surface area contributed by atoms with Crippen LogP contribution in [0, 0.1) is 0 Å². The molecule has 2 amide bonds. The van der Waals surface area contributed by atoms with E-state index in [1.54, 1.807) is 43.5 Å². The highest BCUT2D eigenvalue weighted by Crippen LogP contribution is 2.36. The average molecular weight is 368 g/mol. The zero-order valence-corrected chi connectivity index (χ0v) is 15.2. The van der Waals surface area contributed by atoms with E-state index in [9.17, 15) is 9.59 Å². The first kappa shape index (κ1) is 18.3. The Morgan fingerprint density at radius 3 is 2.30 bits per heavy atom. The summed E-state index contributed by atoms with van der Waals surface area (Å²) < 4.78 is 15.6. The van der Waals surface area contributed by atoms with E-state index < -0.39 is 18.0 Å². The number of para-hydroxylation sites is 1. The molecule has 0 saturated carbocycles. The van der Waals surface area contributed by atoms with E-state index >= 15 is 0 Å². The molecule has 27 heavy (non-hydrogen) atoms. The lowest BCUT2D eigenvalue weighted by atomic mass is 9.92. The minimum atomic E-state index is -0.723. The van der Waals surface area contributed by atoms with Crippen LogP contribution in [0.3, 0.4) is 0 Å². The van der Waals surface area contributed by atoms with Crippen LogP contribution in [-0.2, 0) is 9.53 Å². The van der Waals surface area contributed by atoms with E-state index in [1.165, 1.54) is 14.2 Å². The maximum absolute atomic E-state index is 12.6. The summed E-state index contributed by atoms with van der Waals surface area (Å²) in [7, 11) is 4.41. The van der Waals surface area contributed by atoms with Gasteiger partial charge in [-0.1, -0.05) is 18.2 Å². The van der Waals surface area contributed by atoms with Gasteiger partial charge in [0.2, 0.25) is 0 Å². The first-order valence-electron chi connectivity index (χ1n) is 8.26. The zero-order valence-electron chi connectivity index (χ0n) is 15.2. The Morgan fingerprint density at radius 2 is 1.67 bits per heavy atom. The van der Waals surface area contributed by atoms with Crippen molar-refractivity contribution in [2.24, 2.45) is 0 Å². The van der Waals surface area contributed by atoms with Crippen LogP contribution in [0.2, 0.25) is 0 Å². The smallest absolute Gasteiger partial charge is 0.338 e. The molecule has 0 bridgehead atoms. The molecule has 0 radical (unpaired) electrons. The third-order valence-corrected chi connectivity index (χ3v) is 4.31. The summed E-state index contributed by atoms with van der Waals surface area (Å²) in [5.74, 6) is 0.671. The summed E-state index contributed by atoms with van der Waals surface area (Å²) in [5.41, 5.74) is 1.98. The van der Waals surface area contributed by atoms with Crippen molar-refractivity contribution in [1.29, 1.82) is 0 Å². The van der Waals surface area contributed by atoms with E-state index in [4.69, 9.17) is 14.2 Å². The van der Waals surface area contributed by atoms with Crippen molar-refractivity contribution in [3.8, 4) is 11.5 Å². The Labute approximate surface area is 156 Å². The molecule has 1 aliphatic rings. The van der Waals surface area contributed by atoms with Crippen molar-refractivity contribution in [3.05, 3.63) is 65.2 Å². The molecule has 2 aromatic carbocycles. The van der Waals surface area contributed by atoms with Crippen molar-refractivity contribution < 1.29 is 23.8 Å². The Balaban J connectivity index is 2.19. The van der Waals surface area contributed by atoms with Crippen LogP contribution in [0.15, 0.2) is 54.1 Å². The molecule has 1 atom stereocenters. The third kappa shape index (κ3) is 3.57. The number of ether oxygens (including phenoxy) is 3. The fourth-order valence-corrected chi connectivity index (χ4v) is 3.02. The lowest BCUT2D eigenvalue weighted by Gasteiger charge is -2.30. The molecule has 0 spiro atoms. The van der Waals surface area contributed by atoms with Gasteiger partial charge in [0, 0.05) is 5.56 Å². The molecule has 140 valence electrons. The van der Waals surface area contributed by atoms with E-state index in [-0.39, 0.29) is 5.57 Å². The molecular formula is C20H20N2O5. The van der Waals surface area contributed by atoms with Crippen LogP contribution in [0.25, 0.3) is 5.70 Å². The third-order valence-electron chi connectivity index (χ3n) is 4.31. The van der Waals surface area contributed by atoms with E-state index in [0.29, 0.717) is 28.3 Å². The lowest BCUT2D eigenvalue weighted by Crippen LogP contribution is -2.45. The molecule has 7 heteroatoms. The molecular weight excluding hydrogens is 348 g/mol. The lowest BCUT2D eigenvalue weighted by molar-refractivity contribution is -0.136. The van der Waals surface area contributed by atoms with Crippen LogP contribution >= 0.6 is 0 Å². The second-order valence-electron chi connectivity index (χ2n) is 5.78. The van der Waals surface area contributed by atoms with Gasteiger partial charge in [-0.15, -0.1) is 0 Å². The normalized spacial score (nSPS) is 16.3. The number of rotatable bonds is 5. The summed E-state index contributed by atoms with van der Waals surface area (Å²) in [5, 5.41) is 5.50. The largest absolute Gasteiger partial charge is 0.497 e. The highest BCUT2D eigenvalue weighted by Gasteiger charge is 2.35. The fourth-order valence-electron chi connectivity index (χ4n) is 3.02. The second kappa shape index (κ2) is 7.82. The number of benzene rings is 2. The Morgan fingerprint density at radius 1 is 0.963 bits per heavy atom. The van der Waals surface area contributed by atoms with Crippen molar-refractivity contribution in [3.63, 3.8) is 0 Å². The summed E-state index contributed by atoms with van der Waals surface area (Å²) in [6, 6.07) is 13.1. The molecule has 0 aromatic heterocycles. The molecule has 1 unspecified atom stereocenters. The van der Waals surface area contributed by atoms with Gasteiger partial charge < -0.3 is 24.8 Å². The number of urea groups is 1. The monoisotopic (exact) mass is 368 g/mol. The number of amides is 2. The van der Waals surface area contributed by atoms with Gasteiger partial charge in [-0.25, -0.2) is 9.59 Å². The van der Waals surface area contributed by atoms with Gasteiger partial charge in [0.15, 0.2) is 0 Å². The minimum Gasteiger partial charge on any atom is -0.497 e. The zero-order chi connectivity index (χ0) is 19.4. The number of hydrogen-bond donors (Lipinski definition) is 2. The highest BCUT2D eigenvalue weighted by atomic mass is 16.5. The van der Waals surface area contributed by atoms with Crippen molar-refractivity contribution in [2.45, 2.75) is 6.04 Å². The van der Waals surface area contributed by atoms with Gasteiger partial charge in [0.1, 0.15) is 11.5 Å². The first-order valence-corrected chi connectivity index (χ1v) is 8.26. The van der Waals surface area contributed by atoms with Crippen LogP contribution < -0.4 is 20.1 Å². The molecule has 2 N–H and O–H groups in total. The molecule has 1 aliphatic heterocycles. The standard InChI is InChI=1S/C20H20N2O5/c1-25-13-10-8-12(9-11-13)17-16(19(23)27-3)18(22-20(24)21-17)14-6-4-5-7-15(14)26-2/h4-11,18H,1-3H3,(H2,21,22,24). The highest BCUT2D eigenvalue weighted by molar-refractivity contribution is 6.04. The van der Waals surface area contributed by atoms with Crippen molar-refractivity contribution in [2.75, 3.05) is 21.3 Å². The topological polar surface area (TPSA) is 85.9 Å². The molecule has 1 heterocycles. The van der Waals surface area contributed by atoms with Crippen LogP contribution in [-0.4, -0.2) is 33.3 Å². The summed E-state index contributed by atoms with van der Waals surface area (Å²) in [6.07, 6.45) is 0. The molecule has 2 aromatic rings. The Bertz CT molecular complexity index is 890. The number of methoxy groups -OCH3 is 3. The van der Waals surface area contributed by atoms with Gasteiger partial charge in [0.25, 0.3) is 0 Å². The van der Waals surface area contributed by atoms with Crippen molar-refractivity contribution in [1.82, 2.24) is 10.6 Å². The molecule has 0 aliphatic carbocycles. The molecule has 0 saturated heterocycles. The molecule has 0 fully saturated rings. The fraction of sp³-hybridized carbons (Fsp3) is 0.200. The quantitative estimate of drug-likeness (QED) is 0.793. The predicted octanol–water partition coefficient (Wildman–Crippen LogP) is 2.64. The number of carbonyl (C=O) groups is 2. The van der Waals surface area contributed by atoms with Gasteiger partial charge in [-0.05, 0) is 35.9 Å². The number of carbonyl (C=O) groups excluding carboxylic acids is 2. The SMILES string of the molecule is COC(=O)C1=C(c2ccc(OC)cc2)NC(=O)NC1c1ccccc1OC. The predicted molar refractivity (Wildman–Crippen MR) is 99.3 cm³/mol. The molecule has 3 rings (SSSR count). The van der Waals surface area contributed by atoms with Gasteiger partial charge in [0.05, 0.1) is 38.6 Å². The summed E-state index contributed by atoms with van der Waals surface area (Å²) >= 11 is 0. The first-order chi connectivity index (χ1) is 13.1. The number of esters is 1. The Hall–Kier alpha value is -3.48. The van der Waals surface area contributed by atoms with E-state index in [2.05, 4.69) is 10.6 Å². The van der Waals surface area contributed by atoms with Crippen LogP contribution in [0.5, 0.6) is 11.5 Å². The van der Waals surface area contributed by atoms with Crippen LogP contribution in [0.4, 0.5) is 4.79 Å². The maximum atomic E-state index is 12.6. The average Bonchev–Trinajstić information content (AvgIpc) is 2.72. The second-order valence-corrected chi connectivity index (χ2v) is 5.78. The van der Waals surface area contributed by atoms with Gasteiger partial charge >= 0.3 is 12.0 Å². The van der Waals surface area contributed by atoms with E-state index in [1.807, 2.05) is 12.1 Å². The summed E-state index contributed by atoms with van der Waals surface area (Å²) in [6.45, 7) is 0. The Kier molecular flexibility index (Phi) is 5.30. The minimum absolute atomic E-state index is 0.284. The summed E-state index contributed by atoms with van der Waals surface area (Å²) in [4.78, 5) is 25.0. The maximum Gasteiger partial charge on any atom is 0.338 e.